The molecule has 0 aliphatic heterocycles. The van der Waals surface area contributed by atoms with E-state index < -0.39 is 15.1 Å². The lowest BCUT2D eigenvalue weighted by molar-refractivity contribution is 0.291. The van der Waals surface area contributed by atoms with Gasteiger partial charge in [0.1, 0.15) is 5.69 Å². The third-order valence-electron chi connectivity index (χ3n) is 4.30. The lowest BCUT2D eigenvalue weighted by Gasteiger charge is -2.15. The number of aromatic nitrogens is 2. The van der Waals surface area contributed by atoms with Crippen LogP contribution in [-0.4, -0.2) is 25.0 Å². The van der Waals surface area contributed by atoms with Gasteiger partial charge >= 0.3 is 0 Å². The zero-order chi connectivity index (χ0) is 20.0. The van der Waals surface area contributed by atoms with E-state index in [0.29, 0.717) is 17.6 Å². The second-order valence-corrected chi connectivity index (χ2v) is 8.36. The van der Waals surface area contributed by atoms with Crippen LogP contribution < -0.4 is 4.74 Å². The molecule has 0 spiro atoms. The molecule has 1 heterocycles. The maximum atomic E-state index is 13.1. The van der Waals surface area contributed by atoms with Crippen LogP contribution in [0, 0.1) is 11.3 Å². The number of unbranched alkanes of at least 4 members (excludes halogenated alkanes) is 2. The summed E-state index contributed by atoms with van der Waals surface area (Å²) in [6.45, 7) is 2.47. The fourth-order valence-corrected chi connectivity index (χ4v) is 4.21. The lowest BCUT2D eigenvalue weighted by Crippen LogP contribution is -2.16. The molecule has 3 aromatic rings. The monoisotopic (exact) mass is 395 g/mol. The molecule has 0 unspecified atom stereocenters. The van der Waals surface area contributed by atoms with Crippen molar-refractivity contribution >= 4 is 20.9 Å². The molecular weight excluding hydrogens is 374 g/mol. The van der Waals surface area contributed by atoms with E-state index in [-0.39, 0.29) is 16.5 Å². The van der Waals surface area contributed by atoms with Gasteiger partial charge < -0.3 is 4.74 Å². The molecule has 0 N–H and O–H groups in total. The molecule has 0 amide bonds. The Morgan fingerprint density at radius 2 is 1.64 bits per heavy atom. The number of ether oxygens (including phenoxy) is 1. The highest BCUT2D eigenvalue weighted by Crippen LogP contribution is 2.33. The summed E-state index contributed by atoms with van der Waals surface area (Å²) in [5.41, 5.74) is 1.13. The second kappa shape index (κ2) is 8.81. The Kier molecular flexibility index (Phi) is 6.22. The molecule has 0 aliphatic carbocycles. The topological polar surface area (TPSA) is 92.9 Å². The number of hydrogen-bond acceptors (Lipinski definition) is 6. The van der Waals surface area contributed by atoms with Gasteiger partial charge in [0.25, 0.3) is 0 Å². The number of benzene rings is 2. The van der Waals surface area contributed by atoms with Crippen molar-refractivity contribution in [1.29, 1.82) is 5.26 Å². The largest absolute Gasteiger partial charge is 0.476 e. The smallest absolute Gasteiger partial charge is 0.238 e. The van der Waals surface area contributed by atoms with E-state index in [0.717, 1.165) is 19.3 Å². The van der Waals surface area contributed by atoms with Gasteiger partial charge in [-0.1, -0.05) is 50.1 Å². The van der Waals surface area contributed by atoms with E-state index in [2.05, 4.69) is 16.9 Å². The van der Waals surface area contributed by atoms with Crippen LogP contribution in [0.4, 0.5) is 0 Å². The molecule has 0 saturated carbocycles. The van der Waals surface area contributed by atoms with Crippen molar-refractivity contribution in [3.05, 3.63) is 60.3 Å². The minimum absolute atomic E-state index is 0.0292. The average molecular weight is 395 g/mol. The van der Waals surface area contributed by atoms with Crippen molar-refractivity contribution in [3.63, 3.8) is 0 Å². The van der Waals surface area contributed by atoms with Gasteiger partial charge in [-0.05, 0) is 30.7 Å². The Morgan fingerprint density at radius 1 is 1.00 bits per heavy atom. The summed E-state index contributed by atoms with van der Waals surface area (Å²) >= 11 is 0. The molecule has 0 aliphatic rings. The van der Waals surface area contributed by atoms with Crippen molar-refractivity contribution in [2.45, 2.75) is 36.3 Å². The minimum Gasteiger partial charge on any atom is -0.476 e. The third kappa shape index (κ3) is 4.12. The van der Waals surface area contributed by atoms with Gasteiger partial charge in [-0.3, -0.25) is 0 Å². The van der Waals surface area contributed by atoms with E-state index in [1.54, 1.807) is 36.4 Å². The van der Waals surface area contributed by atoms with Crippen LogP contribution in [0.3, 0.4) is 0 Å². The molecule has 0 fully saturated rings. The summed E-state index contributed by atoms with van der Waals surface area (Å²) in [7, 11) is -3.97. The van der Waals surface area contributed by atoms with Gasteiger partial charge in [-0.15, -0.1) is 0 Å². The second-order valence-electron chi connectivity index (χ2n) is 6.33. The first-order valence-corrected chi connectivity index (χ1v) is 10.7. The zero-order valence-corrected chi connectivity index (χ0v) is 16.4. The highest BCUT2D eigenvalue weighted by Gasteiger charge is 2.34. The standard InChI is InChI=1S/C21H21N3O3S/c1-2-3-9-14-27-21-20(23-17-12-7-8-13-18(17)24-21)19(15-22)28(25,26)16-10-5-4-6-11-16/h4-8,10-13,19H,2-3,9,14H2,1H3/t19-/m1/s1. The van der Waals surface area contributed by atoms with Crippen molar-refractivity contribution in [1.82, 2.24) is 9.97 Å². The maximum Gasteiger partial charge on any atom is 0.238 e. The van der Waals surface area contributed by atoms with Gasteiger partial charge in [0.15, 0.2) is 5.25 Å². The van der Waals surface area contributed by atoms with Gasteiger partial charge in [-0.2, -0.15) is 5.26 Å². The number of nitrogens with zero attached hydrogens (tertiary/aromatic N) is 3. The number of para-hydroxylation sites is 2. The van der Waals surface area contributed by atoms with E-state index in [1.807, 2.05) is 12.1 Å². The van der Waals surface area contributed by atoms with E-state index >= 15 is 0 Å². The predicted octanol–water partition coefficient (Wildman–Crippen LogP) is 4.24. The van der Waals surface area contributed by atoms with Crippen LogP contribution in [0.25, 0.3) is 11.0 Å². The van der Waals surface area contributed by atoms with E-state index in [4.69, 9.17) is 4.74 Å². The Morgan fingerprint density at radius 3 is 2.29 bits per heavy atom. The molecule has 28 heavy (non-hydrogen) atoms. The number of hydrogen-bond donors (Lipinski definition) is 0. The normalized spacial score (nSPS) is 12.4. The molecule has 3 rings (SSSR count). The summed E-state index contributed by atoms with van der Waals surface area (Å²) in [4.78, 5) is 8.96. The fraction of sp³-hybridized carbons (Fsp3) is 0.286. The number of nitriles is 1. The van der Waals surface area contributed by atoms with Crippen molar-refractivity contribution in [3.8, 4) is 11.9 Å². The van der Waals surface area contributed by atoms with Gasteiger partial charge in [-0.25, -0.2) is 18.4 Å². The molecular formula is C21H21N3O3S. The van der Waals surface area contributed by atoms with Crippen LogP contribution in [0.1, 0.15) is 37.1 Å². The first-order chi connectivity index (χ1) is 13.6. The lowest BCUT2D eigenvalue weighted by atomic mass is 10.2. The molecule has 0 saturated heterocycles. The quantitative estimate of drug-likeness (QED) is 0.530. The highest BCUT2D eigenvalue weighted by molar-refractivity contribution is 7.92. The van der Waals surface area contributed by atoms with Crippen LogP contribution in [0.5, 0.6) is 5.88 Å². The van der Waals surface area contributed by atoms with Crippen molar-refractivity contribution < 1.29 is 13.2 Å². The van der Waals surface area contributed by atoms with E-state index in [9.17, 15) is 13.7 Å². The number of rotatable bonds is 8. The predicted molar refractivity (Wildman–Crippen MR) is 107 cm³/mol. The maximum absolute atomic E-state index is 13.1. The van der Waals surface area contributed by atoms with Gasteiger partial charge in [0.05, 0.1) is 28.6 Å². The third-order valence-corrected chi connectivity index (χ3v) is 6.18. The summed E-state index contributed by atoms with van der Waals surface area (Å²) in [5, 5.41) is 8.22. The Bertz CT molecular complexity index is 1090. The molecule has 7 heteroatoms. The van der Waals surface area contributed by atoms with E-state index in [1.165, 1.54) is 12.1 Å². The molecule has 1 atom stereocenters. The minimum atomic E-state index is -3.97. The summed E-state index contributed by atoms with van der Waals surface area (Å²) in [6.07, 6.45) is 2.83. The highest BCUT2D eigenvalue weighted by atomic mass is 32.2. The fourth-order valence-electron chi connectivity index (χ4n) is 2.82. The summed E-state index contributed by atoms with van der Waals surface area (Å²) in [6, 6.07) is 16.9. The number of sulfone groups is 1. The molecule has 1 aromatic heterocycles. The Balaban J connectivity index is 2.09. The van der Waals surface area contributed by atoms with Crippen LogP contribution >= 0.6 is 0 Å². The zero-order valence-electron chi connectivity index (χ0n) is 15.6. The van der Waals surface area contributed by atoms with Crippen LogP contribution in [0.2, 0.25) is 0 Å². The average Bonchev–Trinajstić information content (AvgIpc) is 2.72. The molecule has 6 nitrogen and oxygen atoms in total. The Hall–Kier alpha value is -2.98. The van der Waals surface area contributed by atoms with Gasteiger partial charge in [0.2, 0.25) is 15.7 Å². The SMILES string of the molecule is CCCCCOc1nc2ccccc2nc1[C@@H](C#N)S(=O)(=O)c1ccccc1. The van der Waals surface area contributed by atoms with Crippen LogP contribution in [-0.2, 0) is 9.84 Å². The molecule has 144 valence electrons. The van der Waals surface area contributed by atoms with Crippen molar-refractivity contribution in [2.24, 2.45) is 0 Å². The van der Waals surface area contributed by atoms with Gasteiger partial charge in [0, 0.05) is 0 Å². The summed E-state index contributed by atoms with van der Waals surface area (Å²) < 4.78 is 31.9. The molecule has 2 aromatic carbocycles. The van der Waals surface area contributed by atoms with Crippen molar-refractivity contribution in [2.75, 3.05) is 6.61 Å². The number of fused-ring (bicyclic) bond motifs is 1. The van der Waals surface area contributed by atoms with Crippen LogP contribution in [0.15, 0.2) is 59.5 Å². The molecule has 0 bridgehead atoms. The first kappa shape index (κ1) is 19.8. The summed E-state index contributed by atoms with van der Waals surface area (Å²) in [5.74, 6) is 0.0980. The Labute approximate surface area is 164 Å². The first-order valence-electron chi connectivity index (χ1n) is 9.16. The molecule has 0 radical (unpaired) electrons.